The molecule has 0 saturated heterocycles. The van der Waals surface area contributed by atoms with E-state index < -0.39 is 0 Å². The summed E-state index contributed by atoms with van der Waals surface area (Å²) in [6, 6.07) is 9.71. The van der Waals surface area contributed by atoms with E-state index in [1.54, 1.807) is 0 Å². The Morgan fingerprint density at radius 1 is 1.17 bits per heavy atom. The molecule has 30 heavy (non-hydrogen) atoms. The molecule has 0 radical (unpaired) electrons. The maximum atomic E-state index is 12.8. The van der Waals surface area contributed by atoms with E-state index in [-0.39, 0.29) is 17.6 Å². The molecule has 1 amide bonds. The van der Waals surface area contributed by atoms with Gasteiger partial charge in [0.25, 0.3) is 0 Å². The number of carbonyl (C=O) groups excluding carboxylic acids is 1. The van der Waals surface area contributed by atoms with Crippen LogP contribution in [-0.4, -0.2) is 32.0 Å². The number of nitrogens with one attached hydrogen (secondary N) is 1. The second kappa shape index (κ2) is 7.91. The Balaban J connectivity index is 1.17. The number of carbonyl (C=O) groups is 1. The number of hydrogen-bond donors (Lipinski definition) is 1. The minimum absolute atomic E-state index is 0.0650. The second-order valence-electron chi connectivity index (χ2n) is 9.51. The Morgan fingerprint density at radius 2 is 1.80 bits per heavy atom. The molecule has 1 aromatic heterocycles. The van der Waals surface area contributed by atoms with Gasteiger partial charge in [-0.15, -0.1) is 10.2 Å². The number of thioether (sulfide) groups is 1. The van der Waals surface area contributed by atoms with E-state index in [1.165, 1.54) is 50.3 Å². The molecule has 7 heteroatoms. The van der Waals surface area contributed by atoms with Gasteiger partial charge in [0.1, 0.15) is 5.75 Å². The minimum Gasteiger partial charge on any atom is -0.483 e. The van der Waals surface area contributed by atoms with Gasteiger partial charge in [0.2, 0.25) is 5.91 Å². The first-order chi connectivity index (χ1) is 14.5. The van der Waals surface area contributed by atoms with Crippen molar-refractivity contribution < 1.29 is 9.53 Å². The fourth-order valence-corrected chi connectivity index (χ4v) is 7.01. The smallest absolute Gasteiger partial charge is 0.230 e. The Hall–Kier alpha value is -2.02. The van der Waals surface area contributed by atoms with Gasteiger partial charge in [0.15, 0.2) is 17.1 Å². The van der Waals surface area contributed by atoms with Gasteiger partial charge in [-0.2, -0.15) is 0 Å². The molecule has 0 spiro atoms. The summed E-state index contributed by atoms with van der Waals surface area (Å²) in [6.07, 6.45) is 7.46. The van der Waals surface area contributed by atoms with Crippen LogP contribution in [0.5, 0.6) is 5.75 Å². The summed E-state index contributed by atoms with van der Waals surface area (Å²) in [4.78, 5) is 12.8. The van der Waals surface area contributed by atoms with E-state index in [4.69, 9.17) is 4.74 Å². The Bertz CT molecular complexity index is 878. The van der Waals surface area contributed by atoms with Gasteiger partial charge in [0.05, 0.1) is 5.75 Å². The molecule has 6 nitrogen and oxygen atoms in total. The van der Waals surface area contributed by atoms with Crippen LogP contribution in [0.25, 0.3) is 0 Å². The second-order valence-corrected chi connectivity index (χ2v) is 10.5. The van der Waals surface area contributed by atoms with Crippen molar-refractivity contribution >= 4 is 17.7 Å². The molecule has 1 aromatic carbocycles. The summed E-state index contributed by atoms with van der Waals surface area (Å²) in [5.74, 6) is 4.55. The van der Waals surface area contributed by atoms with Crippen LogP contribution in [0.3, 0.4) is 0 Å². The third kappa shape index (κ3) is 3.96. The van der Waals surface area contributed by atoms with Crippen LogP contribution in [0.4, 0.5) is 0 Å². The van der Waals surface area contributed by atoms with Crippen molar-refractivity contribution in [3.05, 3.63) is 36.2 Å². The Kier molecular flexibility index (Phi) is 5.25. The van der Waals surface area contributed by atoms with Crippen LogP contribution in [-0.2, 0) is 11.8 Å². The number of nitrogens with zero attached hydrogens (tertiary/aromatic N) is 3. The normalized spacial score (nSPS) is 30.3. The number of ether oxygens (including phenoxy) is 1. The van der Waals surface area contributed by atoms with Crippen LogP contribution < -0.4 is 10.1 Å². The zero-order chi connectivity index (χ0) is 20.7. The predicted molar refractivity (Wildman–Crippen MR) is 116 cm³/mol. The largest absolute Gasteiger partial charge is 0.483 e. The fraction of sp³-hybridized carbons (Fsp3) is 0.609. The summed E-state index contributed by atoms with van der Waals surface area (Å²) in [5, 5.41) is 12.8. The third-order valence-electron chi connectivity index (χ3n) is 7.06. The molecule has 2 aromatic rings. The van der Waals surface area contributed by atoms with Gasteiger partial charge in [-0.1, -0.05) is 30.0 Å². The lowest BCUT2D eigenvalue weighted by Gasteiger charge is -2.56. The van der Waals surface area contributed by atoms with E-state index in [2.05, 4.69) is 15.5 Å². The Morgan fingerprint density at radius 3 is 2.43 bits per heavy atom. The van der Waals surface area contributed by atoms with E-state index in [0.717, 1.165) is 34.5 Å². The molecule has 0 unspecified atom stereocenters. The quantitative estimate of drug-likeness (QED) is 0.674. The molecule has 160 valence electrons. The van der Waals surface area contributed by atoms with Crippen LogP contribution in [0.2, 0.25) is 0 Å². The number of benzene rings is 1. The zero-order valence-corrected chi connectivity index (χ0v) is 18.5. The molecular weight excluding hydrogens is 396 g/mol. The van der Waals surface area contributed by atoms with Crippen molar-refractivity contribution in [3.63, 3.8) is 0 Å². The van der Waals surface area contributed by atoms with Crippen molar-refractivity contribution in [2.24, 2.45) is 24.8 Å². The summed E-state index contributed by atoms with van der Waals surface area (Å²) in [5.41, 5.74) is 0.0650. The summed E-state index contributed by atoms with van der Waals surface area (Å²) in [6.45, 7) is 1.96. The van der Waals surface area contributed by atoms with Gasteiger partial charge in [0, 0.05) is 12.6 Å². The summed E-state index contributed by atoms with van der Waals surface area (Å²) < 4.78 is 7.89. The van der Waals surface area contributed by atoms with E-state index >= 15 is 0 Å². The van der Waals surface area contributed by atoms with Crippen molar-refractivity contribution in [2.45, 2.75) is 62.2 Å². The van der Waals surface area contributed by atoms with Gasteiger partial charge < -0.3 is 14.6 Å². The lowest BCUT2D eigenvalue weighted by Crippen LogP contribution is -2.60. The van der Waals surface area contributed by atoms with Crippen molar-refractivity contribution in [3.8, 4) is 5.75 Å². The number of amides is 1. The molecule has 1 N–H and O–H groups in total. The Labute approximate surface area is 182 Å². The highest BCUT2D eigenvalue weighted by atomic mass is 32.2. The molecular formula is C23H30N4O2S. The maximum absolute atomic E-state index is 12.8. The molecule has 1 heterocycles. The lowest BCUT2D eigenvalue weighted by atomic mass is 9.53. The first-order valence-electron chi connectivity index (χ1n) is 11.0. The minimum atomic E-state index is -0.222. The van der Waals surface area contributed by atoms with Crippen LogP contribution in [0.1, 0.15) is 57.4 Å². The van der Waals surface area contributed by atoms with Gasteiger partial charge in [-0.05, 0) is 75.3 Å². The molecule has 4 bridgehead atoms. The molecule has 4 aliphatic carbocycles. The van der Waals surface area contributed by atoms with E-state index in [9.17, 15) is 4.79 Å². The molecule has 6 rings (SSSR count). The average molecular weight is 427 g/mol. The van der Waals surface area contributed by atoms with E-state index in [1.807, 2.05) is 48.9 Å². The number of rotatable bonds is 7. The van der Waals surface area contributed by atoms with Crippen molar-refractivity contribution in [1.82, 2.24) is 20.1 Å². The SMILES string of the molecule is C[C@@H](Oc1ccccc1)c1nnc(SCC(=O)NC23CC4CC(CC(C4)C2)C3)n1C. The topological polar surface area (TPSA) is 69.0 Å². The van der Waals surface area contributed by atoms with Crippen LogP contribution in [0, 0.1) is 17.8 Å². The lowest BCUT2D eigenvalue weighted by molar-refractivity contribution is -0.124. The van der Waals surface area contributed by atoms with Crippen LogP contribution >= 0.6 is 11.8 Å². The molecule has 4 fully saturated rings. The zero-order valence-electron chi connectivity index (χ0n) is 17.7. The van der Waals surface area contributed by atoms with E-state index in [0.29, 0.717) is 5.75 Å². The number of hydrogen-bond acceptors (Lipinski definition) is 5. The maximum Gasteiger partial charge on any atom is 0.230 e. The number of para-hydroxylation sites is 1. The molecule has 1 atom stereocenters. The first-order valence-corrected chi connectivity index (χ1v) is 12.0. The summed E-state index contributed by atoms with van der Waals surface area (Å²) in [7, 11) is 1.93. The predicted octanol–water partition coefficient (Wildman–Crippen LogP) is 4.13. The number of aromatic nitrogens is 3. The van der Waals surface area contributed by atoms with Gasteiger partial charge in [-0.25, -0.2) is 0 Å². The monoisotopic (exact) mass is 426 g/mol. The fourth-order valence-electron chi connectivity index (χ4n) is 6.29. The highest BCUT2D eigenvalue weighted by molar-refractivity contribution is 7.99. The third-order valence-corrected chi connectivity index (χ3v) is 8.08. The standard InChI is InChI=1S/C23H30N4O2S/c1-15(29-19-6-4-3-5-7-19)21-25-26-22(27(21)2)30-14-20(28)24-23-11-16-8-17(12-23)10-18(9-16)13-23/h3-7,15-18H,8-14H2,1-2H3,(H,24,28)/t15-,16?,17?,18?,23?/m1/s1. The molecule has 0 aliphatic heterocycles. The molecule has 4 aliphatic rings. The average Bonchev–Trinajstić information content (AvgIpc) is 3.06. The highest BCUT2D eigenvalue weighted by Gasteiger charge is 2.51. The van der Waals surface area contributed by atoms with Gasteiger partial charge >= 0.3 is 0 Å². The summed E-state index contributed by atoms with van der Waals surface area (Å²) >= 11 is 1.45. The highest BCUT2D eigenvalue weighted by Crippen LogP contribution is 2.55. The first kappa shape index (κ1) is 19.9. The molecule has 4 saturated carbocycles. The van der Waals surface area contributed by atoms with Crippen molar-refractivity contribution in [2.75, 3.05) is 5.75 Å². The van der Waals surface area contributed by atoms with Gasteiger partial charge in [-0.3, -0.25) is 4.79 Å². The van der Waals surface area contributed by atoms with Crippen LogP contribution in [0.15, 0.2) is 35.5 Å². The van der Waals surface area contributed by atoms with Crippen molar-refractivity contribution in [1.29, 1.82) is 0 Å².